The number of nitrogens with one attached hydrogen (secondary N) is 2. The minimum Gasteiger partial charge on any atom is -0.364 e. The van der Waals surface area contributed by atoms with Gasteiger partial charge in [0.05, 0.1) is 18.0 Å². The molecule has 3 aromatic rings. The van der Waals surface area contributed by atoms with Gasteiger partial charge in [-0.3, -0.25) is 9.59 Å². The van der Waals surface area contributed by atoms with Crippen molar-refractivity contribution in [1.29, 1.82) is 0 Å². The van der Waals surface area contributed by atoms with E-state index < -0.39 is 18.3 Å². The second kappa shape index (κ2) is 9.68. The fraction of sp³-hybridized carbons (Fsp3) is 0.292. The van der Waals surface area contributed by atoms with Crippen molar-refractivity contribution in [3.8, 4) is 16.9 Å². The molecule has 1 aliphatic rings. The second-order valence-corrected chi connectivity index (χ2v) is 8.01. The number of benzene rings is 2. The van der Waals surface area contributed by atoms with E-state index in [0.29, 0.717) is 29.7 Å². The summed E-state index contributed by atoms with van der Waals surface area (Å²) in [6.45, 7) is 0.759. The zero-order valence-electron chi connectivity index (χ0n) is 18.3. The summed E-state index contributed by atoms with van der Waals surface area (Å²) in [5.41, 5.74) is 2.61. The number of hydrogen-bond acceptors (Lipinski definition) is 4. The van der Waals surface area contributed by atoms with Gasteiger partial charge in [-0.1, -0.05) is 36.4 Å². The maximum absolute atomic E-state index is 12.8. The van der Waals surface area contributed by atoms with Gasteiger partial charge in [-0.2, -0.15) is 13.2 Å². The van der Waals surface area contributed by atoms with E-state index in [9.17, 15) is 22.8 Å². The summed E-state index contributed by atoms with van der Waals surface area (Å²) in [5.74, 6) is -0.245. The summed E-state index contributed by atoms with van der Waals surface area (Å²) >= 11 is 0. The number of halogens is 3. The first-order chi connectivity index (χ1) is 16.2. The van der Waals surface area contributed by atoms with E-state index in [4.69, 9.17) is 4.74 Å². The van der Waals surface area contributed by atoms with Crippen molar-refractivity contribution in [2.75, 3.05) is 5.32 Å². The SMILES string of the molecule is C[C@@H](OCc1cccc(-c2cc(NC(=O)[C@@H]3CCC(=O)N3)nn2-c2ccccc2)c1)C(F)(F)F. The lowest BCUT2D eigenvalue weighted by atomic mass is 10.1. The summed E-state index contributed by atoms with van der Waals surface area (Å²) in [6.07, 6.45) is -5.61. The molecule has 0 unspecified atom stereocenters. The van der Waals surface area contributed by atoms with Crippen molar-refractivity contribution >= 4 is 17.6 Å². The Morgan fingerprint density at radius 1 is 1.21 bits per heavy atom. The monoisotopic (exact) mass is 472 g/mol. The highest BCUT2D eigenvalue weighted by atomic mass is 19.4. The Hall–Kier alpha value is -3.66. The number of aromatic nitrogens is 2. The van der Waals surface area contributed by atoms with E-state index in [-0.39, 0.29) is 24.2 Å². The van der Waals surface area contributed by atoms with Gasteiger partial charge in [0.2, 0.25) is 11.8 Å². The van der Waals surface area contributed by atoms with E-state index in [0.717, 1.165) is 12.6 Å². The number of ether oxygens (including phenoxy) is 1. The van der Waals surface area contributed by atoms with E-state index in [1.165, 1.54) is 0 Å². The lowest BCUT2D eigenvalue weighted by molar-refractivity contribution is -0.217. The van der Waals surface area contributed by atoms with Crippen LogP contribution in [0.5, 0.6) is 0 Å². The molecule has 1 fully saturated rings. The summed E-state index contributed by atoms with van der Waals surface area (Å²) in [7, 11) is 0. The summed E-state index contributed by atoms with van der Waals surface area (Å²) in [4.78, 5) is 24.0. The van der Waals surface area contributed by atoms with Crippen molar-refractivity contribution in [2.45, 2.75) is 44.7 Å². The molecule has 0 spiro atoms. The molecule has 10 heteroatoms. The van der Waals surface area contributed by atoms with Crippen LogP contribution in [0.4, 0.5) is 19.0 Å². The van der Waals surface area contributed by atoms with Gasteiger partial charge in [0.15, 0.2) is 11.9 Å². The first-order valence-corrected chi connectivity index (χ1v) is 10.7. The minimum absolute atomic E-state index is 0.172. The van der Waals surface area contributed by atoms with Crippen molar-refractivity contribution in [3.63, 3.8) is 0 Å². The Labute approximate surface area is 193 Å². The average Bonchev–Trinajstić information content (AvgIpc) is 3.44. The number of para-hydroxylation sites is 1. The molecule has 0 radical (unpaired) electrons. The van der Waals surface area contributed by atoms with Gasteiger partial charge in [0.25, 0.3) is 0 Å². The van der Waals surface area contributed by atoms with Crippen molar-refractivity contribution in [1.82, 2.24) is 15.1 Å². The molecule has 4 rings (SSSR count). The summed E-state index contributed by atoms with van der Waals surface area (Å²) in [6, 6.07) is 17.2. The number of nitrogens with zero attached hydrogens (tertiary/aromatic N) is 2. The van der Waals surface area contributed by atoms with Crippen LogP contribution in [0.1, 0.15) is 25.3 Å². The van der Waals surface area contributed by atoms with Crippen LogP contribution in [0.15, 0.2) is 60.7 Å². The molecule has 34 heavy (non-hydrogen) atoms. The van der Waals surface area contributed by atoms with E-state index >= 15 is 0 Å². The standard InChI is InChI=1S/C24H23F3N4O3/c1-15(24(25,26)27)34-14-16-6-5-7-17(12-16)20-13-21(29-23(33)19-10-11-22(32)28-19)30-31(20)18-8-3-2-4-9-18/h2-9,12-13,15,19H,10-11,14H2,1H3,(H,28,32)(H,29,30,33)/t15-,19+/m1/s1. The largest absolute Gasteiger partial charge is 0.414 e. The maximum Gasteiger partial charge on any atom is 0.414 e. The van der Waals surface area contributed by atoms with Crippen LogP contribution in [0, 0.1) is 0 Å². The number of carbonyl (C=O) groups is 2. The number of rotatable bonds is 7. The summed E-state index contributed by atoms with van der Waals surface area (Å²) in [5, 5.41) is 9.88. The predicted octanol–water partition coefficient (Wildman–Crippen LogP) is 4.22. The van der Waals surface area contributed by atoms with Gasteiger partial charge in [-0.15, -0.1) is 5.10 Å². The van der Waals surface area contributed by atoms with Gasteiger partial charge in [-0.05, 0) is 37.1 Å². The number of carbonyl (C=O) groups excluding carboxylic acids is 2. The Balaban J connectivity index is 1.61. The zero-order chi connectivity index (χ0) is 24.3. The maximum atomic E-state index is 12.8. The van der Waals surface area contributed by atoms with E-state index in [2.05, 4.69) is 15.7 Å². The molecule has 1 aromatic heterocycles. The molecule has 7 nitrogen and oxygen atoms in total. The highest BCUT2D eigenvalue weighted by Crippen LogP contribution is 2.28. The Bertz CT molecular complexity index is 1180. The van der Waals surface area contributed by atoms with Gasteiger partial charge < -0.3 is 15.4 Å². The highest BCUT2D eigenvalue weighted by Gasteiger charge is 2.36. The fourth-order valence-corrected chi connectivity index (χ4v) is 3.57. The molecule has 1 aliphatic heterocycles. The zero-order valence-corrected chi connectivity index (χ0v) is 18.3. The molecule has 1 saturated heterocycles. The normalized spacial score (nSPS) is 16.8. The molecule has 0 bridgehead atoms. The summed E-state index contributed by atoms with van der Waals surface area (Å²) < 4.78 is 45.0. The Kier molecular flexibility index (Phi) is 6.69. The molecular weight excluding hydrogens is 449 g/mol. The van der Waals surface area contributed by atoms with Gasteiger partial charge >= 0.3 is 6.18 Å². The fourth-order valence-electron chi connectivity index (χ4n) is 3.57. The van der Waals surface area contributed by atoms with Crippen LogP contribution in [0.3, 0.4) is 0 Å². The van der Waals surface area contributed by atoms with Crippen LogP contribution in [-0.2, 0) is 20.9 Å². The molecule has 0 saturated carbocycles. The van der Waals surface area contributed by atoms with Crippen LogP contribution in [0.25, 0.3) is 16.9 Å². The van der Waals surface area contributed by atoms with E-state index in [1.807, 2.05) is 30.3 Å². The van der Waals surface area contributed by atoms with Crippen molar-refractivity contribution in [3.05, 3.63) is 66.2 Å². The van der Waals surface area contributed by atoms with Crippen LogP contribution >= 0.6 is 0 Å². The third-order valence-corrected chi connectivity index (χ3v) is 5.46. The molecule has 0 aliphatic carbocycles. The minimum atomic E-state index is -4.44. The lowest BCUT2D eigenvalue weighted by Gasteiger charge is -2.16. The molecule has 2 amide bonds. The molecule has 2 heterocycles. The number of hydrogen-bond donors (Lipinski definition) is 2. The first-order valence-electron chi connectivity index (χ1n) is 10.7. The predicted molar refractivity (Wildman–Crippen MR) is 119 cm³/mol. The van der Waals surface area contributed by atoms with Crippen LogP contribution < -0.4 is 10.6 Å². The number of amides is 2. The molecule has 178 valence electrons. The first kappa shape index (κ1) is 23.5. The Morgan fingerprint density at radius 3 is 2.65 bits per heavy atom. The highest BCUT2D eigenvalue weighted by molar-refractivity contribution is 5.98. The molecular formula is C24H23F3N4O3. The van der Waals surface area contributed by atoms with Crippen molar-refractivity contribution < 1.29 is 27.5 Å². The van der Waals surface area contributed by atoms with Crippen LogP contribution in [-0.4, -0.2) is 39.9 Å². The smallest absolute Gasteiger partial charge is 0.364 e. The molecule has 2 N–H and O–H groups in total. The molecule has 2 atom stereocenters. The van der Waals surface area contributed by atoms with E-state index in [1.54, 1.807) is 35.0 Å². The quantitative estimate of drug-likeness (QED) is 0.539. The number of anilines is 1. The number of alkyl halides is 3. The second-order valence-electron chi connectivity index (χ2n) is 8.01. The van der Waals surface area contributed by atoms with Crippen LogP contribution in [0.2, 0.25) is 0 Å². The van der Waals surface area contributed by atoms with Gasteiger partial charge in [0.1, 0.15) is 6.04 Å². The molecule has 2 aromatic carbocycles. The van der Waals surface area contributed by atoms with Crippen molar-refractivity contribution in [2.24, 2.45) is 0 Å². The Morgan fingerprint density at radius 2 is 1.97 bits per heavy atom. The third kappa shape index (κ3) is 5.45. The third-order valence-electron chi connectivity index (χ3n) is 5.46. The van der Waals surface area contributed by atoms with Gasteiger partial charge in [0, 0.05) is 18.1 Å². The topological polar surface area (TPSA) is 85.2 Å². The van der Waals surface area contributed by atoms with Gasteiger partial charge in [-0.25, -0.2) is 4.68 Å². The lowest BCUT2D eigenvalue weighted by Crippen LogP contribution is -2.37. The average molecular weight is 472 g/mol.